The predicted octanol–water partition coefficient (Wildman–Crippen LogP) is 2.73. The Labute approximate surface area is 131 Å². The minimum Gasteiger partial charge on any atom is -0.486 e. The Morgan fingerprint density at radius 1 is 1.09 bits per heavy atom. The summed E-state index contributed by atoms with van der Waals surface area (Å²) in [6.07, 6.45) is 0. The van der Waals surface area contributed by atoms with Crippen LogP contribution in [0.2, 0.25) is 0 Å². The largest absolute Gasteiger partial charge is 0.486 e. The molecule has 0 spiro atoms. The average molecular weight is 318 g/mol. The molecule has 6 nitrogen and oxygen atoms in total. The Morgan fingerprint density at radius 3 is 2.27 bits per heavy atom. The minimum atomic E-state index is -0.238. The lowest BCUT2D eigenvalue weighted by atomic mass is 10.2. The van der Waals surface area contributed by atoms with Gasteiger partial charge in [-0.3, -0.25) is 9.59 Å². The van der Waals surface area contributed by atoms with E-state index in [-0.39, 0.29) is 11.8 Å². The van der Waals surface area contributed by atoms with Gasteiger partial charge in [0, 0.05) is 19.1 Å². The number of hydrogen-bond donors (Lipinski definition) is 2. The number of hydrogen-bond acceptors (Lipinski definition) is 5. The summed E-state index contributed by atoms with van der Waals surface area (Å²) in [6.45, 7) is 2.31. The molecular formula is C15H14N2O4S. The van der Waals surface area contributed by atoms with Crippen LogP contribution in [0.3, 0.4) is 0 Å². The second-order valence-corrected chi connectivity index (χ2v) is 5.60. The Kier molecular flexibility index (Phi) is 3.97. The van der Waals surface area contributed by atoms with Crippen molar-refractivity contribution in [1.82, 2.24) is 0 Å². The van der Waals surface area contributed by atoms with Gasteiger partial charge in [-0.25, -0.2) is 0 Å². The third-order valence-electron chi connectivity index (χ3n) is 2.99. The first-order valence-electron chi connectivity index (χ1n) is 6.69. The van der Waals surface area contributed by atoms with Crippen LogP contribution in [0.1, 0.15) is 16.6 Å². The zero-order chi connectivity index (χ0) is 15.5. The van der Waals surface area contributed by atoms with Crippen molar-refractivity contribution in [1.29, 1.82) is 0 Å². The minimum absolute atomic E-state index is 0.233. The molecule has 1 aliphatic heterocycles. The van der Waals surface area contributed by atoms with Gasteiger partial charge in [-0.1, -0.05) is 6.07 Å². The molecule has 1 aromatic heterocycles. The van der Waals surface area contributed by atoms with E-state index >= 15 is 0 Å². The normalized spacial score (nSPS) is 12.6. The molecule has 0 fully saturated rings. The summed E-state index contributed by atoms with van der Waals surface area (Å²) >= 11 is 1.34. The van der Waals surface area contributed by atoms with E-state index in [1.54, 1.807) is 24.3 Å². The molecule has 0 saturated carbocycles. The molecular weight excluding hydrogens is 304 g/mol. The Morgan fingerprint density at radius 2 is 1.73 bits per heavy atom. The monoisotopic (exact) mass is 318 g/mol. The highest BCUT2D eigenvalue weighted by Crippen LogP contribution is 2.38. The Hall–Kier alpha value is -2.54. The highest BCUT2D eigenvalue weighted by Gasteiger charge is 2.18. The number of rotatable bonds is 3. The molecule has 0 bridgehead atoms. The number of carbonyl (C=O) groups excluding carboxylic acids is 2. The van der Waals surface area contributed by atoms with Crippen LogP contribution in [0.15, 0.2) is 29.6 Å². The standard InChI is InChI=1S/C15H14N2O4S/c1-9(18)16-10-7-12-13(21-5-4-20-12)8-11(10)17-15(19)14-3-2-6-22-14/h2-3,6-8H,4-5H2,1H3,(H,16,18)(H,17,19). The quantitative estimate of drug-likeness (QED) is 0.912. The zero-order valence-electron chi connectivity index (χ0n) is 11.8. The lowest BCUT2D eigenvalue weighted by Crippen LogP contribution is -2.18. The van der Waals surface area contributed by atoms with Crippen LogP contribution in [0.4, 0.5) is 11.4 Å². The van der Waals surface area contributed by atoms with Crippen LogP contribution in [-0.4, -0.2) is 25.0 Å². The Balaban J connectivity index is 1.93. The molecule has 1 aromatic carbocycles. The molecule has 2 aromatic rings. The molecule has 0 saturated heterocycles. The van der Waals surface area contributed by atoms with Gasteiger partial charge in [0.25, 0.3) is 5.91 Å². The van der Waals surface area contributed by atoms with Crippen LogP contribution < -0.4 is 20.1 Å². The fourth-order valence-electron chi connectivity index (χ4n) is 2.08. The summed E-state index contributed by atoms with van der Waals surface area (Å²) in [7, 11) is 0. The van der Waals surface area contributed by atoms with E-state index in [0.717, 1.165) is 0 Å². The van der Waals surface area contributed by atoms with Crippen molar-refractivity contribution in [2.75, 3.05) is 23.8 Å². The highest BCUT2D eigenvalue weighted by atomic mass is 32.1. The molecule has 2 amide bonds. The number of benzene rings is 1. The number of thiophene rings is 1. The maximum atomic E-state index is 12.2. The zero-order valence-corrected chi connectivity index (χ0v) is 12.7. The molecule has 22 heavy (non-hydrogen) atoms. The fourth-order valence-corrected chi connectivity index (χ4v) is 2.70. The van der Waals surface area contributed by atoms with Gasteiger partial charge in [-0.2, -0.15) is 0 Å². The van der Waals surface area contributed by atoms with Crippen LogP contribution in [-0.2, 0) is 4.79 Å². The molecule has 0 atom stereocenters. The van der Waals surface area contributed by atoms with Gasteiger partial charge < -0.3 is 20.1 Å². The van der Waals surface area contributed by atoms with Crippen LogP contribution in [0.25, 0.3) is 0 Å². The van der Waals surface area contributed by atoms with Crippen molar-refractivity contribution in [2.24, 2.45) is 0 Å². The van der Waals surface area contributed by atoms with Crippen molar-refractivity contribution in [3.05, 3.63) is 34.5 Å². The maximum absolute atomic E-state index is 12.2. The third kappa shape index (κ3) is 3.04. The third-order valence-corrected chi connectivity index (χ3v) is 3.85. The van der Waals surface area contributed by atoms with Crippen molar-refractivity contribution >= 4 is 34.5 Å². The highest BCUT2D eigenvalue weighted by molar-refractivity contribution is 7.12. The molecule has 3 rings (SSSR count). The smallest absolute Gasteiger partial charge is 0.265 e. The van der Waals surface area contributed by atoms with E-state index in [2.05, 4.69) is 10.6 Å². The maximum Gasteiger partial charge on any atom is 0.265 e. The van der Waals surface area contributed by atoms with Gasteiger partial charge in [-0.15, -0.1) is 11.3 Å². The second-order valence-electron chi connectivity index (χ2n) is 4.65. The number of fused-ring (bicyclic) bond motifs is 1. The van der Waals surface area contributed by atoms with Crippen molar-refractivity contribution < 1.29 is 19.1 Å². The predicted molar refractivity (Wildman–Crippen MR) is 84.0 cm³/mol. The molecule has 2 heterocycles. The summed E-state index contributed by atoms with van der Waals surface area (Å²) in [5.74, 6) is 0.618. The van der Waals surface area contributed by atoms with Crippen molar-refractivity contribution in [2.45, 2.75) is 6.92 Å². The summed E-state index contributed by atoms with van der Waals surface area (Å²) in [4.78, 5) is 24.1. The van der Waals surface area contributed by atoms with Crippen LogP contribution in [0, 0.1) is 0 Å². The summed E-state index contributed by atoms with van der Waals surface area (Å²) < 4.78 is 11.0. The Bertz CT molecular complexity index is 713. The average Bonchev–Trinajstić information content (AvgIpc) is 3.01. The van der Waals surface area contributed by atoms with Gasteiger partial charge in [0.15, 0.2) is 11.5 Å². The molecule has 7 heteroatoms. The summed E-state index contributed by atoms with van der Waals surface area (Å²) in [5, 5.41) is 7.30. The van der Waals surface area contributed by atoms with Crippen molar-refractivity contribution in [3.8, 4) is 11.5 Å². The summed E-state index contributed by atoms with van der Waals surface area (Å²) in [6, 6.07) is 6.85. The lowest BCUT2D eigenvalue weighted by Gasteiger charge is -2.21. The van der Waals surface area contributed by atoms with E-state index < -0.39 is 0 Å². The lowest BCUT2D eigenvalue weighted by molar-refractivity contribution is -0.114. The van der Waals surface area contributed by atoms with E-state index in [1.807, 2.05) is 5.38 Å². The van der Waals surface area contributed by atoms with Gasteiger partial charge in [-0.05, 0) is 11.4 Å². The van der Waals surface area contributed by atoms with E-state index in [0.29, 0.717) is 41.0 Å². The summed E-state index contributed by atoms with van der Waals surface area (Å²) in [5.41, 5.74) is 0.944. The topological polar surface area (TPSA) is 76.7 Å². The van der Waals surface area contributed by atoms with Gasteiger partial charge in [0.2, 0.25) is 5.91 Å². The first kappa shape index (κ1) is 14.4. The van der Waals surface area contributed by atoms with E-state index in [1.165, 1.54) is 18.3 Å². The first-order valence-corrected chi connectivity index (χ1v) is 7.57. The number of carbonyl (C=O) groups is 2. The first-order chi connectivity index (χ1) is 10.6. The van der Waals surface area contributed by atoms with Gasteiger partial charge >= 0.3 is 0 Å². The van der Waals surface area contributed by atoms with E-state index in [4.69, 9.17) is 9.47 Å². The fraction of sp³-hybridized carbons (Fsp3) is 0.200. The number of amides is 2. The van der Waals surface area contributed by atoms with Gasteiger partial charge in [0.1, 0.15) is 13.2 Å². The second kappa shape index (κ2) is 6.07. The molecule has 0 aliphatic carbocycles. The molecule has 1 aliphatic rings. The number of nitrogens with one attached hydrogen (secondary N) is 2. The molecule has 0 unspecified atom stereocenters. The molecule has 114 valence electrons. The SMILES string of the molecule is CC(=O)Nc1cc2c(cc1NC(=O)c1cccs1)OCCO2. The molecule has 0 radical (unpaired) electrons. The number of ether oxygens (including phenoxy) is 2. The van der Waals surface area contributed by atoms with Crippen molar-refractivity contribution in [3.63, 3.8) is 0 Å². The van der Waals surface area contributed by atoms with Gasteiger partial charge in [0.05, 0.1) is 16.3 Å². The van der Waals surface area contributed by atoms with E-state index in [9.17, 15) is 9.59 Å². The molecule has 2 N–H and O–H groups in total. The number of anilines is 2. The van der Waals surface area contributed by atoms with Crippen LogP contribution in [0.5, 0.6) is 11.5 Å². The van der Waals surface area contributed by atoms with Crippen LogP contribution >= 0.6 is 11.3 Å².